The molecular formula is C15H14N4O2. The van der Waals surface area contributed by atoms with E-state index in [0.717, 1.165) is 12.0 Å². The fraction of sp³-hybridized carbons (Fsp3) is 0.200. The summed E-state index contributed by atoms with van der Waals surface area (Å²) in [5.74, 6) is 0. The highest BCUT2D eigenvalue weighted by Crippen LogP contribution is 2.21. The zero-order valence-corrected chi connectivity index (χ0v) is 11.5. The molecule has 2 rings (SSSR count). The average Bonchev–Trinajstić information content (AvgIpc) is 2.48. The molecule has 1 aromatic heterocycles. The van der Waals surface area contributed by atoms with Crippen LogP contribution in [0, 0.1) is 28.4 Å². The molecule has 1 aromatic carbocycles. The van der Waals surface area contributed by atoms with Gasteiger partial charge in [-0.15, -0.1) is 0 Å². The molecule has 1 N–H and O–H groups in total. The van der Waals surface area contributed by atoms with Gasteiger partial charge in [-0.2, -0.15) is 5.26 Å². The second-order valence-corrected chi connectivity index (χ2v) is 4.58. The first kappa shape index (κ1) is 14.5. The lowest BCUT2D eigenvalue weighted by Gasteiger charge is -2.08. The molecule has 6 heteroatoms. The van der Waals surface area contributed by atoms with E-state index in [2.05, 4.69) is 10.3 Å². The number of anilines is 1. The summed E-state index contributed by atoms with van der Waals surface area (Å²) in [6, 6.07) is 8.26. The molecule has 0 aliphatic carbocycles. The Kier molecular flexibility index (Phi) is 4.46. The maximum Gasteiger partial charge on any atom is 0.287 e. The molecule has 0 radical (unpaired) electrons. The number of hydrogen-bond donors (Lipinski definition) is 1. The lowest BCUT2D eigenvalue weighted by atomic mass is 10.1. The SMILES string of the molecule is Cc1cnccc1CCNc1ccc([N+](=O)[O-])c(C#N)c1. The van der Waals surface area contributed by atoms with E-state index in [-0.39, 0.29) is 11.3 Å². The smallest absolute Gasteiger partial charge is 0.287 e. The first-order valence-electron chi connectivity index (χ1n) is 6.43. The molecule has 0 amide bonds. The van der Waals surface area contributed by atoms with Crippen LogP contribution >= 0.6 is 0 Å². The number of nitrogens with zero attached hydrogens (tertiary/aromatic N) is 3. The van der Waals surface area contributed by atoms with E-state index < -0.39 is 4.92 Å². The Morgan fingerprint density at radius 3 is 2.90 bits per heavy atom. The number of nitrogens with one attached hydrogen (secondary N) is 1. The zero-order chi connectivity index (χ0) is 15.2. The van der Waals surface area contributed by atoms with Crippen molar-refractivity contribution in [3.05, 3.63) is 63.5 Å². The number of aryl methyl sites for hydroxylation is 1. The molecule has 1 heterocycles. The summed E-state index contributed by atoms with van der Waals surface area (Å²) in [4.78, 5) is 14.2. The fourth-order valence-corrected chi connectivity index (χ4v) is 2.02. The Hall–Kier alpha value is -2.94. The van der Waals surface area contributed by atoms with Gasteiger partial charge in [0.05, 0.1) is 4.92 Å². The third-order valence-corrected chi connectivity index (χ3v) is 3.17. The highest BCUT2D eigenvalue weighted by atomic mass is 16.6. The molecule has 21 heavy (non-hydrogen) atoms. The lowest BCUT2D eigenvalue weighted by Crippen LogP contribution is -2.06. The van der Waals surface area contributed by atoms with Gasteiger partial charge in [0.25, 0.3) is 5.69 Å². The first-order valence-corrected chi connectivity index (χ1v) is 6.43. The van der Waals surface area contributed by atoms with Crippen LogP contribution in [0.4, 0.5) is 11.4 Å². The molecule has 0 saturated carbocycles. The Morgan fingerprint density at radius 2 is 2.24 bits per heavy atom. The van der Waals surface area contributed by atoms with E-state index in [1.165, 1.54) is 17.7 Å². The van der Waals surface area contributed by atoms with E-state index in [9.17, 15) is 10.1 Å². The van der Waals surface area contributed by atoms with E-state index >= 15 is 0 Å². The largest absolute Gasteiger partial charge is 0.385 e. The van der Waals surface area contributed by atoms with Crippen LogP contribution in [-0.2, 0) is 6.42 Å². The highest BCUT2D eigenvalue weighted by molar-refractivity contribution is 5.58. The number of pyridine rings is 1. The summed E-state index contributed by atoms with van der Waals surface area (Å²) in [7, 11) is 0. The van der Waals surface area contributed by atoms with E-state index in [1.807, 2.05) is 25.3 Å². The minimum Gasteiger partial charge on any atom is -0.385 e. The lowest BCUT2D eigenvalue weighted by molar-refractivity contribution is -0.385. The van der Waals surface area contributed by atoms with Gasteiger partial charge in [0.2, 0.25) is 0 Å². The predicted octanol–water partition coefficient (Wildman–Crippen LogP) is 2.82. The van der Waals surface area contributed by atoms with E-state index in [1.54, 1.807) is 12.3 Å². The molecule has 0 spiro atoms. The van der Waals surface area contributed by atoms with Gasteiger partial charge in [0.15, 0.2) is 0 Å². The van der Waals surface area contributed by atoms with Crippen LogP contribution < -0.4 is 5.32 Å². The number of nitro groups is 1. The molecule has 0 bridgehead atoms. The molecule has 2 aromatic rings. The molecule has 0 aliphatic rings. The standard InChI is InChI=1S/C15H14N4O2/c1-11-10-17-6-4-12(11)5-7-18-14-2-3-15(19(20)21)13(8-14)9-16/h2-4,6,8,10,18H,5,7H2,1H3. The summed E-state index contributed by atoms with van der Waals surface area (Å²) in [6.07, 6.45) is 4.38. The van der Waals surface area contributed by atoms with Gasteiger partial charge in [-0.25, -0.2) is 0 Å². The van der Waals surface area contributed by atoms with Gasteiger partial charge in [-0.3, -0.25) is 15.1 Å². The van der Waals surface area contributed by atoms with Crippen molar-refractivity contribution in [1.82, 2.24) is 4.98 Å². The summed E-state index contributed by atoms with van der Waals surface area (Å²) in [5, 5.41) is 22.9. The van der Waals surface area contributed by atoms with Crippen molar-refractivity contribution in [2.75, 3.05) is 11.9 Å². The minimum absolute atomic E-state index is 0.0603. The average molecular weight is 282 g/mol. The highest BCUT2D eigenvalue weighted by Gasteiger charge is 2.13. The van der Waals surface area contributed by atoms with E-state index in [0.29, 0.717) is 12.2 Å². The normalized spacial score (nSPS) is 9.90. The molecule has 0 unspecified atom stereocenters. The van der Waals surface area contributed by atoms with Crippen molar-refractivity contribution in [1.29, 1.82) is 5.26 Å². The minimum atomic E-state index is -0.553. The van der Waals surface area contributed by atoms with Crippen molar-refractivity contribution in [3.8, 4) is 6.07 Å². The summed E-state index contributed by atoms with van der Waals surface area (Å²) >= 11 is 0. The van der Waals surface area contributed by atoms with Gasteiger partial charge in [-0.1, -0.05) is 0 Å². The topological polar surface area (TPSA) is 91.8 Å². The third kappa shape index (κ3) is 3.54. The van der Waals surface area contributed by atoms with Crippen LogP contribution in [0.1, 0.15) is 16.7 Å². The van der Waals surface area contributed by atoms with Crippen molar-refractivity contribution in [3.63, 3.8) is 0 Å². The molecule has 0 fully saturated rings. The summed E-state index contributed by atoms with van der Waals surface area (Å²) in [6.45, 7) is 2.68. The van der Waals surface area contributed by atoms with Gasteiger partial charge in [0.1, 0.15) is 11.6 Å². The Balaban J connectivity index is 2.03. The van der Waals surface area contributed by atoms with Crippen LogP contribution in [0.25, 0.3) is 0 Å². The maximum atomic E-state index is 10.8. The van der Waals surface area contributed by atoms with Crippen LogP contribution in [0.15, 0.2) is 36.7 Å². The summed E-state index contributed by atoms with van der Waals surface area (Å²) in [5.41, 5.74) is 2.91. The van der Waals surface area contributed by atoms with Crippen molar-refractivity contribution < 1.29 is 4.92 Å². The van der Waals surface area contributed by atoms with Gasteiger partial charge in [0, 0.05) is 30.7 Å². The van der Waals surface area contributed by atoms with E-state index in [4.69, 9.17) is 5.26 Å². The number of aromatic nitrogens is 1. The van der Waals surface area contributed by atoms with Crippen LogP contribution in [0.3, 0.4) is 0 Å². The molecule has 106 valence electrons. The first-order chi connectivity index (χ1) is 10.1. The van der Waals surface area contributed by atoms with Crippen molar-refractivity contribution in [2.24, 2.45) is 0 Å². The van der Waals surface area contributed by atoms with Crippen molar-refractivity contribution >= 4 is 11.4 Å². The molecule has 0 saturated heterocycles. The maximum absolute atomic E-state index is 10.8. The van der Waals surface area contributed by atoms with Crippen LogP contribution in [-0.4, -0.2) is 16.5 Å². The summed E-state index contributed by atoms with van der Waals surface area (Å²) < 4.78 is 0. The van der Waals surface area contributed by atoms with Crippen LogP contribution in [0.5, 0.6) is 0 Å². The molecular weight excluding hydrogens is 268 g/mol. The van der Waals surface area contributed by atoms with Gasteiger partial charge >= 0.3 is 0 Å². The van der Waals surface area contributed by atoms with Crippen LogP contribution in [0.2, 0.25) is 0 Å². The Morgan fingerprint density at radius 1 is 1.43 bits per heavy atom. The third-order valence-electron chi connectivity index (χ3n) is 3.17. The second kappa shape index (κ2) is 6.48. The Labute approximate surface area is 122 Å². The number of nitriles is 1. The molecule has 6 nitrogen and oxygen atoms in total. The number of rotatable bonds is 5. The quantitative estimate of drug-likeness (QED) is 0.672. The second-order valence-electron chi connectivity index (χ2n) is 4.58. The van der Waals surface area contributed by atoms with Gasteiger partial charge in [-0.05, 0) is 42.7 Å². The zero-order valence-electron chi connectivity index (χ0n) is 11.5. The molecule has 0 aliphatic heterocycles. The number of benzene rings is 1. The van der Waals surface area contributed by atoms with Crippen molar-refractivity contribution in [2.45, 2.75) is 13.3 Å². The predicted molar refractivity (Wildman–Crippen MR) is 79.0 cm³/mol. The van der Waals surface area contributed by atoms with Gasteiger partial charge < -0.3 is 5.32 Å². The Bertz CT molecular complexity index is 707. The molecule has 0 atom stereocenters. The monoisotopic (exact) mass is 282 g/mol. The number of nitro benzene ring substituents is 1. The fourth-order valence-electron chi connectivity index (χ4n) is 2.02. The number of hydrogen-bond acceptors (Lipinski definition) is 5.